The van der Waals surface area contributed by atoms with E-state index in [-0.39, 0.29) is 17.4 Å². The van der Waals surface area contributed by atoms with Crippen LogP contribution in [0.2, 0.25) is 5.02 Å². The largest absolute Gasteiger partial charge is 0.456 e. The zero-order chi connectivity index (χ0) is 19.0. The van der Waals surface area contributed by atoms with Crippen LogP contribution in [0.1, 0.15) is 24.3 Å². The number of benzene rings is 2. The quantitative estimate of drug-likeness (QED) is 0.764. The molecular weight excluding hydrogens is 391 g/mol. The number of ether oxygens (including phenoxy) is 1. The van der Waals surface area contributed by atoms with Gasteiger partial charge in [-0.2, -0.15) is 0 Å². The van der Waals surface area contributed by atoms with Gasteiger partial charge in [-0.15, -0.1) is 4.40 Å². The zero-order valence-corrected chi connectivity index (χ0v) is 16.0. The van der Waals surface area contributed by atoms with E-state index in [1.54, 1.807) is 12.1 Å². The molecule has 0 aromatic heterocycles. The summed E-state index contributed by atoms with van der Waals surface area (Å²) in [5.41, 5.74) is 0.980. The molecule has 2 aliphatic rings. The van der Waals surface area contributed by atoms with Crippen molar-refractivity contribution in [2.45, 2.75) is 18.8 Å². The molecule has 1 fully saturated rings. The van der Waals surface area contributed by atoms with Crippen molar-refractivity contribution in [2.24, 2.45) is 4.40 Å². The third-order valence-electron chi connectivity index (χ3n) is 4.81. The van der Waals surface area contributed by atoms with Gasteiger partial charge in [0.25, 0.3) is 10.0 Å². The number of rotatable bonds is 3. The smallest absolute Gasteiger partial charge is 0.256 e. The first-order valence-electron chi connectivity index (χ1n) is 8.72. The minimum atomic E-state index is -3.38. The third kappa shape index (κ3) is 3.94. The summed E-state index contributed by atoms with van der Waals surface area (Å²) in [7, 11) is -3.38. The van der Waals surface area contributed by atoms with Crippen molar-refractivity contribution in [1.29, 1.82) is 0 Å². The summed E-state index contributed by atoms with van der Waals surface area (Å²) in [4.78, 5) is 2.06. The second-order valence-corrected chi connectivity index (χ2v) is 8.83. The summed E-state index contributed by atoms with van der Waals surface area (Å²) in [6.07, 6.45) is 1.83. The van der Waals surface area contributed by atoms with Crippen LogP contribution < -0.4 is 4.74 Å². The Bertz CT molecular complexity index is 993. The number of piperidine rings is 1. The lowest BCUT2D eigenvalue weighted by Gasteiger charge is -2.37. The highest BCUT2D eigenvalue weighted by molar-refractivity contribution is 7.90. The van der Waals surface area contributed by atoms with Crippen LogP contribution in [-0.2, 0) is 10.0 Å². The number of sulfonamides is 1. The van der Waals surface area contributed by atoms with E-state index in [0.29, 0.717) is 23.2 Å². The predicted octanol–water partition coefficient (Wildman–Crippen LogP) is 4.19. The van der Waals surface area contributed by atoms with E-state index >= 15 is 0 Å². The van der Waals surface area contributed by atoms with E-state index in [0.717, 1.165) is 24.9 Å². The molecule has 8 heteroatoms. The molecule has 1 saturated heterocycles. The Balaban J connectivity index is 1.58. The Hall–Kier alpha value is -2.12. The SMILES string of the molecule is O=S1(=O)CCN2CCCC(c3ccc(Oc4cc(F)ccc4Cl)cc3)C2=N1. The van der Waals surface area contributed by atoms with E-state index in [2.05, 4.69) is 9.30 Å². The highest BCUT2D eigenvalue weighted by atomic mass is 35.5. The monoisotopic (exact) mass is 408 g/mol. The van der Waals surface area contributed by atoms with E-state index in [4.69, 9.17) is 16.3 Å². The summed E-state index contributed by atoms with van der Waals surface area (Å²) >= 11 is 6.03. The normalized spacial score (nSPS) is 21.3. The van der Waals surface area contributed by atoms with Crippen LogP contribution in [0.15, 0.2) is 46.9 Å². The lowest BCUT2D eigenvalue weighted by atomic mass is 9.89. The summed E-state index contributed by atoms with van der Waals surface area (Å²) in [6.45, 7) is 1.33. The van der Waals surface area contributed by atoms with Gasteiger partial charge in [-0.1, -0.05) is 23.7 Å². The molecule has 0 N–H and O–H groups in total. The Morgan fingerprint density at radius 2 is 1.93 bits per heavy atom. The van der Waals surface area contributed by atoms with E-state index < -0.39 is 15.8 Å². The molecule has 142 valence electrons. The van der Waals surface area contributed by atoms with Crippen molar-refractivity contribution < 1.29 is 17.5 Å². The van der Waals surface area contributed by atoms with E-state index in [1.807, 2.05) is 12.1 Å². The molecule has 1 unspecified atom stereocenters. The predicted molar refractivity (Wildman–Crippen MR) is 103 cm³/mol. The molecule has 4 rings (SSSR count). The Kier molecular flexibility index (Phi) is 4.82. The van der Waals surface area contributed by atoms with Crippen LogP contribution in [0.3, 0.4) is 0 Å². The Morgan fingerprint density at radius 3 is 2.70 bits per heavy atom. The number of halogens is 2. The lowest BCUT2D eigenvalue weighted by molar-refractivity contribution is 0.366. The summed E-state index contributed by atoms with van der Waals surface area (Å²) in [5.74, 6) is 0.998. The first-order chi connectivity index (χ1) is 12.9. The van der Waals surface area contributed by atoms with Crippen LogP contribution in [0.25, 0.3) is 0 Å². The Morgan fingerprint density at radius 1 is 1.15 bits per heavy atom. The molecule has 0 amide bonds. The average molecular weight is 409 g/mol. The van der Waals surface area contributed by atoms with Gasteiger partial charge in [0.05, 0.1) is 10.8 Å². The second-order valence-electron chi connectivity index (χ2n) is 6.66. The van der Waals surface area contributed by atoms with Gasteiger partial charge in [-0.05, 0) is 42.7 Å². The number of hydrogen-bond donors (Lipinski definition) is 0. The number of amidine groups is 1. The van der Waals surface area contributed by atoms with E-state index in [1.165, 1.54) is 18.2 Å². The molecule has 2 aromatic rings. The number of fused-ring (bicyclic) bond motifs is 1. The zero-order valence-electron chi connectivity index (χ0n) is 14.4. The van der Waals surface area contributed by atoms with Crippen molar-refractivity contribution >= 4 is 27.5 Å². The minimum absolute atomic E-state index is 0.0550. The average Bonchev–Trinajstić information content (AvgIpc) is 2.64. The topological polar surface area (TPSA) is 59.0 Å². The molecule has 0 saturated carbocycles. The number of hydrogen-bond acceptors (Lipinski definition) is 4. The fourth-order valence-corrected chi connectivity index (χ4v) is 4.70. The van der Waals surface area contributed by atoms with Gasteiger partial charge in [-0.3, -0.25) is 0 Å². The van der Waals surface area contributed by atoms with Gasteiger partial charge in [0.15, 0.2) is 0 Å². The minimum Gasteiger partial charge on any atom is -0.456 e. The molecule has 1 atom stereocenters. The van der Waals surface area contributed by atoms with Gasteiger partial charge in [0.1, 0.15) is 23.2 Å². The molecule has 5 nitrogen and oxygen atoms in total. The lowest BCUT2D eigenvalue weighted by Crippen LogP contribution is -2.46. The molecule has 0 aliphatic carbocycles. The maximum absolute atomic E-state index is 13.4. The van der Waals surface area contributed by atoms with Crippen LogP contribution in [0.4, 0.5) is 4.39 Å². The first kappa shape index (κ1) is 18.3. The third-order valence-corrected chi connectivity index (χ3v) is 6.29. The summed E-state index contributed by atoms with van der Waals surface area (Å²) in [6, 6.07) is 11.3. The fourth-order valence-electron chi connectivity index (χ4n) is 3.48. The van der Waals surface area contributed by atoms with Crippen molar-refractivity contribution in [3.05, 3.63) is 58.9 Å². The van der Waals surface area contributed by atoms with E-state index in [9.17, 15) is 12.8 Å². The molecule has 0 bridgehead atoms. The Labute approximate surface area is 162 Å². The first-order valence-corrected chi connectivity index (χ1v) is 10.7. The summed E-state index contributed by atoms with van der Waals surface area (Å²) in [5, 5.41) is 0.324. The van der Waals surface area contributed by atoms with Gasteiger partial charge >= 0.3 is 0 Å². The van der Waals surface area contributed by atoms with Crippen molar-refractivity contribution in [3.63, 3.8) is 0 Å². The molecule has 0 spiro atoms. The van der Waals surface area contributed by atoms with Crippen molar-refractivity contribution in [3.8, 4) is 11.5 Å². The summed E-state index contributed by atoms with van der Waals surface area (Å²) < 4.78 is 46.9. The van der Waals surface area contributed by atoms with Gasteiger partial charge in [0.2, 0.25) is 0 Å². The number of nitrogens with zero attached hydrogens (tertiary/aromatic N) is 2. The van der Waals surface area contributed by atoms with Crippen LogP contribution in [0.5, 0.6) is 11.5 Å². The maximum atomic E-state index is 13.4. The molecule has 0 radical (unpaired) electrons. The molecule has 27 heavy (non-hydrogen) atoms. The van der Waals surface area contributed by atoms with Crippen molar-refractivity contribution in [1.82, 2.24) is 4.90 Å². The maximum Gasteiger partial charge on any atom is 0.256 e. The second kappa shape index (κ2) is 7.13. The van der Waals surface area contributed by atoms with Crippen LogP contribution >= 0.6 is 11.6 Å². The molecule has 2 aromatic carbocycles. The fraction of sp³-hybridized carbons (Fsp3) is 0.316. The van der Waals surface area contributed by atoms with Crippen LogP contribution in [0, 0.1) is 5.82 Å². The van der Waals surface area contributed by atoms with Gasteiger partial charge < -0.3 is 9.64 Å². The standard InChI is InChI=1S/C19H18ClFN2O3S/c20-17-8-5-14(21)12-18(17)26-15-6-3-13(4-7-15)16-2-1-9-23-10-11-27(24,25)22-19(16)23/h3-8,12,16H,1-2,9-11H2. The highest BCUT2D eigenvalue weighted by Crippen LogP contribution is 2.34. The van der Waals surface area contributed by atoms with Gasteiger partial charge in [0, 0.05) is 25.1 Å². The van der Waals surface area contributed by atoms with Crippen LogP contribution in [-0.4, -0.2) is 38.0 Å². The molecule has 2 heterocycles. The highest BCUT2D eigenvalue weighted by Gasteiger charge is 2.33. The molecular formula is C19H18ClFN2O3S. The van der Waals surface area contributed by atoms with Crippen molar-refractivity contribution in [2.75, 3.05) is 18.8 Å². The van der Waals surface area contributed by atoms with Gasteiger partial charge in [-0.25, -0.2) is 12.8 Å². The molecule has 2 aliphatic heterocycles.